The molecular weight excluding hydrogens is 390 g/mol. The minimum atomic E-state index is -0.720. The van der Waals surface area contributed by atoms with Crippen LogP contribution in [0.15, 0.2) is 60.8 Å². The molecule has 0 atom stereocenters. The molecule has 0 saturated heterocycles. The van der Waals surface area contributed by atoms with Crippen molar-refractivity contribution in [3.63, 3.8) is 0 Å². The van der Waals surface area contributed by atoms with Crippen LogP contribution in [0.1, 0.15) is 21.6 Å². The molecule has 1 heterocycles. The van der Waals surface area contributed by atoms with Crippen LogP contribution in [0.4, 0.5) is 0 Å². The van der Waals surface area contributed by atoms with Gasteiger partial charge in [0.15, 0.2) is 11.4 Å². The monoisotopic (exact) mass is 407 g/mol. The normalized spacial score (nSPS) is 10.2. The van der Waals surface area contributed by atoms with Crippen molar-refractivity contribution in [1.29, 1.82) is 5.26 Å². The van der Waals surface area contributed by atoms with E-state index in [9.17, 15) is 14.7 Å². The van der Waals surface area contributed by atoms with Gasteiger partial charge in [-0.2, -0.15) is 10.4 Å². The number of thioether (sulfide) groups is 1. The molecule has 29 heavy (non-hydrogen) atoms. The number of rotatable bonds is 6. The minimum absolute atomic E-state index is 0.130. The number of nitrogens with one attached hydrogen (secondary N) is 2. The molecule has 3 aromatic rings. The summed E-state index contributed by atoms with van der Waals surface area (Å²) < 4.78 is 1.37. The van der Waals surface area contributed by atoms with E-state index in [4.69, 9.17) is 5.26 Å². The van der Waals surface area contributed by atoms with Gasteiger partial charge in [-0.3, -0.25) is 20.4 Å². The highest BCUT2D eigenvalue weighted by molar-refractivity contribution is 7.99. The molecule has 0 aliphatic heterocycles. The van der Waals surface area contributed by atoms with Gasteiger partial charge in [0, 0.05) is 5.75 Å². The molecule has 0 fully saturated rings. The average molecular weight is 407 g/mol. The third-order valence-corrected chi connectivity index (χ3v) is 4.83. The highest BCUT2D eigenvalue weighted by Crippen LogP contribution is 2.17. The number of carbonyl (C=O) groups is 2. The van der Waals surface area contributed by atoms with Crippen LogP contribution in [0.2, 0.25) is 0 Å². The van der Waals surface area contributed by atoms with Crippen molar-refractivity contribution in [2.24, 2.45) is 0 Å². The Morgan fingerprint density at radius 2 is 1.83 bits per heavy atom. The largest absolute Gasteiger partial charge is 0.504 e. The van der Waals surface area contributed by atoms with Gasteiger partial charge >= 0.3 is 0 Å². The van der Waals surface area contributed by atoms with Crippen LogP contribution >= 0.6 is 11.8 Å². The summed E-state index contributed by atoms with van der Waals surface area (Å²) in [6.07, 6.45) is 1.32. The number of benzene rings is 2. The van der Waals surface area contributed by atoms with Gasteiger partial charge in [-0.15, -0.1) is 11.8 Å². The van der Waals surface area contributed by atoms with E-state index in [1.807, 2.05) is 36.4 Å². The lowest BCUT2D eigenvalue weighted by atomic mass is 10.2. The number of hydrogen-bond donors (Lipinski definition) is 3. The van der Waals surface area contributed by atoms with Crippen LogP contribution in [-0.2, 0) is 10.5 Å². The van der Waals surface area contributed by atoms with Gasteiger partial charge in [0.25, 0.3) is 5.91 Å². The maximum atomic E-state index is 12.2. The summed E-state index contributed by atoms with van der Waals surface area (Å²) in [7, 11) is 0. The minimum Gasteiger partial charge on any atom is -0.504 e. The number of aromatic nitrogens is 2. The fourth-order valence-electron chi connectivity index (χ4n) is 2.40. The van der Waals surface area contributed by atoms with Gasteiger partial charge in [0.05, 0.1) is 29.3 Å². The smallest absolute Gasteiger partial charge is 0.294 e. The van der Waals surface area contributed by atoms with Gasteiger partial charge in [0.2, 0.25) is 5.91 Å². The fourth-order valence-corrected chi connectivity index (χ4v) is 3.19. The Morgan fingerprint density at radius 3 is 2.52 bits per heavy atom. The number of hydrogen-bond acceptors (Lipinski definition) is 6. The number of nitriles is 1. The zero-order valence-corrected chi connectivity index (χ0v) is 16.0. The van der Waals surface area contributed by atoms with Gasteiger partial charge < -0.3 is 5.11 Å². The molecule has 3 N–H and O–H groups in total. The Kier molecular flexibility index (Phi) is 6.50. The lowest BCUT2D eigenvalue weighted by molar-refractivity contribution is -0.119. The molecule has 146 valence electrons. The second-order valence-electron chi connectivity index (χ2n) is 5.95. The van der Waals surface area contributed by atoms with Crippen molar-refractivity contribution in [3.05, 3.63) is 77.6 Å². The molecule has 0 aliphatic rings. The topological polar surface area (TPSA) is 120 Å². The first-order valence-corrected chi connectivity index (χ1v) is 9.72. The number of carbonyl (C=O) groups excluding carboxylic acids is 2. The Balaban J connectivity index is 1.47. The van der Waals surface area contributed by atoms with E-state index in [-0.39, 0.29) is 23.1 Å². The van der Waals surface area contributed by atoms with Crippen molar-refractivity contribution in [1.82, 2.24) is 20.6 Å². The average Bonchev–Trinajstić information content (AvgIpc) is 3.15. The predicted octanol–water partition coefficient (Wildman–Crippen LogP) is 2.14. The zero-order valence-electron chi connectivity index (χ0n) is 15.2. The molecule has 3 rings (SSSR count). The molecule has 0 unspecified atom stereocenters. The highest BCUT2D eigenvalue weighted by Gasteiger charge is 2.17. The van der Waals surface area contributed by atoms with Crippen molar-refractivity contribution in [2.75, 3.05) is 5.75 Å². The summed E-state index contributed by atoms with van der Waals surface area (Å²) in [6, 6.07) is 18.2. The van der Waals surface area contributed by atoms with E-state index in [0.717, 1.165) is 5.56 Å². The summed E-state index contributed by atoms with van der Waals surface area (Å²) >= 11 is 1.36. The van der Waals surface area contributed by atoms with Crippen LogP contribution in [-0.4, -0.2) is 32.5 Å². The van der Waals surface area contributed by atoms with Crippen molar-refractivity contribution >= 4 is 23.6 Å². The Hall–Kier alpha value is -3.77. The number of amides is 2. The third kappa shape index (κ3) is 5.37. The lowest BCUT2D eigenvalue weighted by Crippen LogP contribution is -2.42. The number of nitrogens with zero attached hydrogens (tertiary/aromatic N) is 3. The maximum Gasteiger partial charge on any atom is 0.294 e. The van der Waals surface area contributed by atoms with E-state index in [0.29, 0.717) is 17.0 Å². The van der Waals surface area contributed by atoms with Crippen molar-refractivity contribution < 1.29 is 14.7 Å². The third-order valence-electron chi connectivity index (χ3n) is 3.83. The van der Waals surface area contributed by atoms with Gasteiger partial charge in [0.1, 0.15) is 0 Å². The van der Waals surface area contributed by atoms with E-state index in [2.05, 4.69) is 16.0 Å². The molecule has 0 spiro atoms. The van der Waals surface area contributed by atoms with Gasteiger partial charge in [-0.05, 0) is 29.8 Å². The molecule has 0 aliphatic carbocycles. The predicted molar refractivity (Wildman–Crippen MR) is 108 cm³/mol. The summed E-state index contributed by atoms with van der Waals surface area (Å²) in [4.78, 5) is 24.1. The van der Waals surface area contributed by atoms with Crippen molar-refractivity contribution in [2.45, 2.75) is 5.75 Å². The SMILES string of the molecule is N#Cc1ccc(CSCC(=O)NNC(=O)c2nn(-c3ccccc3)cc2O)cc1. The van der Waals surface area contributed by atoms with Crippen molar-refractivity contribution in [3.8, 4) is 17.5 Å². The quantitative estimate of drug-likeness (QED) is 0.539. The van der Waals surface area contributed by atoms with Crippen LogP contribution in [0, 0.1) is 11.3 Å². The molecular formula is C20H17N5O3S. The van der Waals surface area contributed by atoms with Crippen LogP contribution in [0.3, 0.4) is 0 Å². The Labute approximate surface area is 171 Å². The first-order chi connectivity index (χ1) is 14.1. The summed E-state index contributed by atoms with van der Waals surface area (Å²) in [5.74, 6) is -0.683. The molecule has 0 radical (unpaired) electrons. The highest BCUT2D eigenvalue weighted by atomic mass is 32.2. The second-order valence-corrected chi connectivity index (χ2v) is 6.93. The van der Waals surface area contributed by atoms with Gasteiger partial charge in [-0.25, -0.2) is 4.68 Å². The molecule has 1 aromatic heterocycles. The number of para-hydroxylation sites is 1. The van der Waals surface area contributed by atoms with Crippen LogP contribution in [0.25, 0.3) is 5.69 Å². The first kappa shape index (κ1) is 20.0. The van der Waals surface area contributed by atoms with Crippen LogP contribution in [0.5, 0.6) is 5.75 Å². The lowest BCUT2D eigenvalue weighted by Gasteiger charge is -2.06. The molecule has 8 nitrogen and oxygen atoms in total. The summed E-state index contributed by atoms with van der Waals surface area (Å²) in [5.41, 5.74) is 6.60. The molecule has 9 heteroatoms. The van der Waals surface area contributed by atoms with E-state index in [1.54, 1.807) is 24.3 Å². The van der Waals surface area contributed by atoms with E-state index < -0.39 is 5.91 Å². The summed E-state index contributed by atoms with van der Waals surface area (Å²) in [5, 5.41) is 22.8. The number of hydrazine groups is 1. The molecule has 0 bridgehead atoms. The van der Waals surface area contributed by atoms with Crippen LogP contribution < -0.4 is 10.9 Å². The maximum absolute atomic E-state index is 12.2. The van der Waals surface area contributed by atoms with Gasteiger partial charge in [-0.1, -0.05) is 30.3 Å². The zero-order chi connectivity index (χ0) is 20.6. The van der Waals surface area contributed by atoms with E-state index in [1.165, 1.54) is 22.6 Å². The first-order valence-electron chi connectivity index (χ1n) is 8.57. The molecule has 2 amide bonds. The standard InChI is InChI=1S/C20H17N5O3S/c21-10-14-6-8-15(9-7-14)12-29-13-18(27)22-23-20(28)19-17(26)11-25(24-19)16-4-2-1-3-5-16/h1-9,11,26H,12-13H2,(H,22,27)(H,23,28). The molecule has 2 aromatic carbocycles. The summed E-state index contributed by atoms with van der Waals surface area (Å²) in [6.45, 7) is 0. The number of aromatic hydroxyl groups is 1. The Morgan fingerprint density at radius 1 is 1.10 bits per heavy atom. The second kappa shape index (κ2) is 9.43. The van der Waals surface area contributed by atoms with E-state index >= 15 is 0 Å². The fraction of sp³-hybridized carbons (Fsp3) is 0.100. The molecule has 0 saturated carbocycles. The Bertz CT molecular complexity index is 1040.